The maximum absolute atomic E-state index is 10.6. The van der Waals surface area contributed by atoms with Crippen LogP contribution in [0.25, 0.3) is 0 Å². The Morgan fingerprint density at radius 3 is 2.12 bits per heavy atom. The Morgan fingerprint density at radius 2 is 1.71 bits per heavy atom. The number of nitrogens with zero attached hydrogens (tertiary/aromatic N) is 1. The van der Waals surface area contributed by atoms with Gasteiger partial charge in [0.05, 0.1) is 11.4 Å². The van der Waals surface area contributed by atoms with E-state index in [4.69, 9.17) is 0 Å². The molecule has 17 heavy (non-hydrogen) atoms. The van der Waals surface area contributed by atoms with E-state index in [0.29, 0.717) is 0 Å². The fraction of sp³-hybridized carbons (Fsp3) is 0.500. The minimum absolute atomic E-state index is 0.797. The fourth-order valence-corrected chi connectivity index (χ4v) is 1.21. The van der Waals surface area contributed by atoms with Gasteiger partial charge in [0, 0.05) is 14.1 Å². The number of carbonyl (C=O) groups is 1. The second kappa shape index (κ2) is 11.0. The smallest absolute Gasteiger partial charge is 0.213 e. The summed E-state index contributed by atoms with van der Waals surface area (Å²) >= 11 is 0. The molecule has 98 valence electrons. The quantitative estimate of drug-likeness (QED) is 0.815. The van der Waals surface area contributed by atoms with E-state index in [2.05, 4.69) is 5.32 Å². The van der Waals surface area contributed by atoms with Crippen LogP contribution < -0.4 is 10.2 Å². The van der Waals surface area contributed by atoms with Crippen LogP contribution in [0.4, 0.5) is 11.4 Å². The lowest BCUT2D eigenvalue weighted by molar-refractivity contribution is -0.107. The first-order chi connectivity index (χ1) is 8.19. The number of rotatable bonds is 3. The molecule has 0 aliphatic heterocycles. The Hall–Kier alpha value is -1.51. The molecule has 0 aromatic heterocycles. The van der Waals surface area contributed by atoms with Gasteiger partial charge in [0.25, 0.3) is 0 Å². The largest absolute Gasteiger partial charge is 0.386 e. The van der Waals surface area contributed by atoms with E-state index in [1.807, 2.05) is 59.9 Å². The van der Waals surface area contributed by atoms with Crippen LogP contribution in [0.15, 0.2) is 18.2 Å². The van der Waals surface area contributed by atoms with Crippen LogP contribution in [-0.2, 0) is 4.79 Å². The van der Waals surface area contributed by atoms with E-state index in [0.717, 1.165) is 17.8 Å². The number of aryl methyl sites for hydroxylation is 1. The maximum atomic E-state index is 10.6. The highest BCUT2D eigenvalue weighted by molar-refractivity contribution is 5.83. The Kier molecular flexibility index (Phi) is 11.6. The Bertz CT molecular complexity index is 311. The minimum Gasteiger partial charge on any atom is -0.386 e. The molecule has 0 radical (unpaired) electrons. The molecule has 3 nitrogen and oxygen atoms in total. The lowest BCUT2D eigenvalue weighted by Crippen LogP contribution is -2.15. The van der Waals surface area contributed by atoms with E-state index in [9.17, 15) is 4.79 Å². The molecule has 0 heterocycles. The zero-order valence-corrected chi connectivity index (χ0v) is 12.2. The molecule has 0 bridgehead atoms. The van der Waals surface area contributed by atoms with Crippen LogP contribution in [0.5, 0.6) is 0 Å². The zero-order chi connectivity index (χ0) is 13.8. The molecule has 1 amide bonds. The fourth-order valence-electron chi connectivity index (χ4n) is 1.21. The molecule has 1 rings (SSSR count). The molecule has 0 aliphatic rings. The average molecular weight is 238 g/mol. The standard InChI is InChI=1S/C10H14N2O.2C2H6/c1-8-4-5-10(12(3)7-13)9(6-8)11-2;2*1-2/h4-7,11H,1-3H3;2*1-2H3. The summed E-state index contributed by atoms with van der Waals surface area (Å²) in [4.78, 5) is 12.1. The monoisotopic (exact) mass is 238 g/mol. The van der Waals surface area contributed by atoms with Gasteiger partial charge in [-0.2, -0.15) is 0 Å². The summed E-state index contributed by atoms with van der Waals surface area (Å²) in [5, 5.41) is 3.05. The lowest BCUT2D eigenvalue weighted by atomic mass is 10.2. The van der Waals surface area contributed by atoms with Crippen molar-refractivity contribution in [3.05, 3.63) is 23.8 Å². The van der Waals surface area contributed by atoms with Gasteiger partial charge in [-0.25, -0.2) is 0 Å². The molecule has 0 saturated carbocycles. The second-order valence-corrected chi connectivity index (χ2v) is 2.99. The van der Waals surface area contributed by atoms with Gasteiger partial charge in [-0.1, -0.05) is 33.8 Å². The average Bonchev–Trinajstić information content (AvgIpc) is 2.42. The third kappa shape index (κ3) is 5.95. The summed E-state index contributed by atoms with van der Waals surface area (Å²) in [5.74, 6) is 0. The lowest BCUT2D eigenvalue weighted by Gasteiger charge is -2.15. The molecule has 1 aromatic carbocycles. The van der Waals surface area contributed by atoms with Crippen molar-refractivity contribution in [2.75, 3.05) is 24.3 Å². The highest BCUT2D eigenvalue weighted by Crippen LogP contribution is 2.24. The van der Waals surface area contributed by atoms with Gasteiger partial charge in [-0.15, -0.1) is 0 Å². The number of hydrogen-bond acceptors (Lipinski definition) is 2. The molecule has 1 aromatic rings. The zero-order valence-electron chi connectivity index (χ0n) is 12.2. The van der Waals surface area contributed by atoms with Crippen molar-refractivity contribution < 1.29 is 4.79 Å². The number of benzene rings is 1. The molecule has 0 atom stereocenters. The van der Waals surface area contributed by atoms with Crippen LogP contribution >= 0.6 is 0 Å². The van der Waals surface area contributed by atoms with Crippen molar-refractivity contribution in [3.8, 4) is 0 Å². The van der Waals surface area contributed by atoms with Crippen LogP contribution in [0.2, 0.25) is 0 Å². The van der Waals surface area contributed by atoms with E-state index < -0.39 is 0 Å². The maximum Gasteiger partial charge on any atom is 0.213 e. The molecule has 1 N–H and O–H groups in total. The predicted octanol–water partition coefficient (Wildman–Crippen LogP) is 3.68. The molecule has 0 spiro atoms. The van der Waals surface area contributed by atoms with Gasteiger partial charge < -0.3 is 10.2 Å². The van der Waals surface area contributed by atoms with Gasteiger partial charge >= 0.3 is 0 Å². The van der Waals surface area contributed by atoms with Gasteiger partial charge in [0.15, 0.2) is 0 Å². The van der Waals surface area contributed by atoms with Crippen LogP contribution in [0.3, 0.4) is 0 Å². The Balaban J connectivity index is 0. The van der Waals surface area contributed by atoms with Crippen molar-refractivity contribution in [1.29, 1.82) is 0 Å². The summed E-state index contributed by atoms with van der Waals surface area (Å²) < 4.78 is 0. The van der Waals surface area contributed by atoms with Crippen molar-refractivity contribution >= 4 is 17.8 Å². The number of nitrogens with one attached hydrogen (secondary N) is 1. The van der Waals surface area contributed by atoms with E-state index in [1.54, 1.807) is 11.9 Å². The molecular weight excluding hydrogens is 212 g/mol. The molecule has 3 heteroatoms. The van der Waals surface area contributed by atoms with Crippen molar-refractivity contribution in [2.45, 2.75) is 34.6 Å². The first kappa shape index (κ1) is 17.9. The second-order valence-electron chi connectivity index (χ2n) is 2.99. The SMILES string of the molecule is CC.CC.CNc1cc(C)ccc1N(C)C=O. The minimum atomic E-state index is 0.797. The van der Waals surface area contributed by atoms with Crippen molar-refractivity contribution in [2.24, 2.45) is 0 Å². The van der Waals surface area contributed by atoms with E-state index in [-0.39, 0.29) is 0 Å². The van der Waals surface area contributed by atoms with Gasteiger partial charge in [-0.05, 0) is 24.6 Å². The first-order valence-corrected chi connectivity index (χ1v) is 6.15. The van der Waals surface area contributed by atoms with Gasteiger partial charge in [-0.3, -0.25) is 4.79 Å². The van der Waals surface area contributed by atoms with Crippen molar-refractivity contribution in [1.82, 2.24) is 0 Å². The molecule has 0 saturated heterocycles. The van der Waals surface area contributed by atoms with Gasteiger partial charge in [0.2, 0.25) is 6.41 Å². The number of anilines is 2. The highest BCUT2D eigenvalue weighted by atomic mass is 16.1. The number of hydrogen-bond donors (Lipinski definition) is 1. The van der Waals surface area contributed by atoms with Crippen LogP contribution in [0.1, 0.15) is 33.3 Å². The van der Waals surface area contributed by atoms with Crippen LogP contribution in [-0.4, -0.2) is 20.5 Å². The van der Waals surface area contributed by atoms with Crippen molar-refractivity contribution in [3.63, 3.8) is 0 Å². The van der Waals surface area contributed by atoms with Gasteiger partial charge in [0.1, 0.15) is 0 Å². The normalized spacial score (nSPS) is 7.94. The Morgan fingerprint density at radius 1 is 1.18 bits per heavy atom. The highest BCUT2D eigenvalue weighted by Gasteiger charge is 2.04. The number of amides is 1. The summed E-state index contributed by atoms with van der Waals surface area (Å²) in [7, 11) is 3.58. The predicted molar refractivity (Wildman–Crippen MR) is 77.9 cm³/mol. The third-order valence-corrected chi connectivity index (χ3v) is 1.96. The summed E-state index contributed by atoms with van der Waals surface area (Å²) in [6.07, 6.45) is 0.797. The molecule has 0 unspecified atom stereocenters. The first-order valence-electron chi connectivity index (χ1n) is 6.15. The topological polar surface area (TPSA) is 32.3 Å². The summed E-state index contributed by atoms with van der Waals surface area (Å²) in [5.41, 5.74) is 3.03. The van der Waals surface area contributed by atoms with E-state index >= 15 is 0 Å². The molecular formula is C14H26N2O. The third-order valence-electron chi connectivity index (χ3n) is 1.96. The van der Waals surface area contributed by atoms with E-state index in [1.165, 1.54) is 5.56 Å². The number of carbonyl (C=O) groups excluding carboxylic acids is 1. The van der Waals surface area contributed by atoms with Crippen LogP contribution in [0, 0.1) is 6.92 Å². The summed E-state index contributed by atoms with van der Waals surface area (Å²) in [6, 6.07) is 5.92. The molecule has 0 fully saturated rings. The Labute approximate surface area is 106 Å². The summed E-state index contributed by atoms with van der Waals surface area (Å²) in [6.45, 7) is 10.0. The molecule has 0 aliphatic carbocycles.